The summed E-state index contributed by atoms with van der Waals surface area (Å²) >= 11 is 0. The molecule has 1 saturated carbocycles. The lowest BCUT2D eigenvalue weighted by atomic mass is 10.0. The van der Waals surface area contributed by atoms with Crippen molar-refractivity contribution in [2.75, 3.05) is 25.0 Å². The first kappa shape index (κ1) is 16.2. The molecule has 2 aromatic rings. The van der Waals surface area contributed by atoms with E-state index in [4.69, 9.17) is 0 Å². The van der Waals surface area contributed by atoms with Gasteiger partial charge in [-0.2, -0.15) is 0 Å². The van der Waals surface area contributed by atoms with Gasteiger partial charge in [-0.1, -0.05) is 48.0 Å². The third-order valence-corrected chi connectivity index (χ3v) is 5.22. The molecule has 2 amide bonds. The molecule has 4 heteroatoms. The Bertz CT molecular complexity index is 725. The largest absolute Gasteiger partial charge is 0.322 e. The van der Waals surface area contributed by atoms with Crippen LogP contribution in [0.5, 0.6) is 0 Å². The average Bonchev–Trinajstić information content (AvgIpc) is 3.49. The summed E-state index contributed by atoms with van der Waals surface area (Å²) in [5.41, 5.74) is 3.26. The lowest BCUT2D eigenvalue weighted by molar-refractivity contribution is 0.0954. The average molecular weight is 335 g/mol. The highest BCUT2D eigenvalue weighted by Crippen LogP contribution is 2.33. The molecule has 0 radical (unpaired) electrons. The second-order valence-corrected chi connectivity index (χ2v) is 7.14. The summed E-state index contributed by atoms with van der Waals surface area (Å²) in [5.74, 6) is 0. The van der Waals surface area contributed by atoms with Gasteiger partial charge in [0.25, 0.3) is 0 Å². The van der Waals surface area contributed by atoms with Gasteiger partial charge in [0, 0.05) is 31.4 Å². The van der Waals surface area contributed by atoms with Crippen molar-refractivity contribution in [3.63, 3.8) is 0 Å². The lowest BCUT2D eigenvalue weighted by Gasteiger charge is -2.41. The monoisotopic (exact) mass is 335 g/mol. The molecular formula is C21H25N3O. The van der Waals surface area contributed by atoms with E-state index in [1.807, 2.05) is 42.2 Å². The van der Waals surface area contributed by atoms with Gasteiger partial charge in [0.15, 0.2) is 0 Å². The molecule has 4 rings (SSSR count). The van der Waals surface area contributed by atoms with E-state index in [0.717, 1.165) is 31.4 Å². The zero-order chi connectivity index (χ0) is 17.2. The molecule has 25 heavy (non-hydrogen) atoms. The SMILES string of the molecule is Cc1ccc(NC(=O)N2CCN(C3CC3)CC2c2ccccc2)cc1. The van der Waals surface area contributed by atoms with Crippen LogP contribution in [0.3, 0.4) is 0 Å². The van der Waals surface area contributed by atoms with Crippen molar-refractivity contribution in [3.05, 3.63) is 65.7 Å². The third kappa shape index (κ3) is 3.69. The van der Waals surface area contributed by atoms with Gasteiger partial charge in [0.1, 0.15) is 0 Å². The summed E-state index contributed by atoms with van der Waals surface area (Å²) in [4.78, 5) is 17.5. The molecule has 130 valence electrons. The summed E-state index contributed by atoms with van der Waals surface area (Å²) in [5, 5.41) is 3.07. The van der Waals surface area contributed by atoms with Crippen LogP contribution in [0.25, 0.3) is 0 Å². The molecule has 4 nitrogen and oxygen atoms in total. The number of urea groups is 1. The van der Waals surface area contributed by atoms with Gasteiger partial charge in [0.05, 0.1) is 6.04 Å². The predicted octanol–water partition coefficient (Wildman–Crippen LogP) is 4.05. The van der Waals surface area contributed by atoms with Gasteiger partial charge in [0.2, 0.25) is 0 Å². The number of piperazine rings is 1. The van der Waals surface area contributed by atoms with E-state index in [-0.39, 0.29) is 12.1 Å². The third-order valence-electron chi connectivity index (χ3n) is 5.22. The number of carbonyl (C=O) groups excluding carboxylic acids is 1. The van der Waals surface area contributed by atoms with E-state index in [1.54, 1.807) is 0 Å². The maximum Gasteiger partial charge on any atom is 0.322 e. The van der Waals surface area contributed by atoms with E-state index >= 15 is 0 Å². The second-order valence-electron chi connectivity index (χ2n) is 7.14. The highest BCUT2D eigenvalue weighted by Gasteiger charge is 2.37. The van der Waals surface area contributed by atoms with Crippen LogP contribution in [-0.4, -0.2) is 41.5 Å². The maximum absolute atomic E-state index is 12.9. The molecule has 1 aliphatic carbocycles. The van der Waals surface area contributed by atoms with Crippen LogP contribution in [0.4, 0.5) is 10.5 Å². The smallest absolute Gasteiger partial charge is 0.315 e. The molecular weight excluding hydrogens is 310 g/mol. The fourth-order valence-electron chi connectivity index (χ4n) is 3.61. The number of hydrogen-bond donors (Lipinski definition) is 1. The Hall–Kier alpha value is -2.33. The standard InChI is InChI=1S/C21H25N3O/c1-16-7-9-18(10-8-16)22-21(25)24-14-13-23(19-11-12-19)15-20(24)17-5-3-2-4-6-17/h2-10,19-20H,11-15H2,1H3,(H,22,25). The first-order chi connectivity index (χ1) is 12.2. The predicted molar refractivity (Wildman–Crippen MR) is 101 cm³/mol. The topological polar surface area (TPSA) is 35.6 Å². The maximum atomic E-state index is 12.9. The highest BCUT2D eigenvalue weighted by molar-refractivity contribution is 5.89. The van der Waals surface area contributed by atoms with E-state index in [2.05, 4.69) is 34.5 Å². The van der Waals surface area contributed by atoms with E-state index < -0.39 is 0 Å². The molecule has 2 fully saturated rings. The summed E-state index contributed by atoms with van der Waals surface area (Å²) in [6.45, 7) is 4.72. The van der Waals surface area contributed by atoms with Crippen LogP contribution >= 0.6 is 0 Å². The number of nitrogens with one attached hydrogen (secondary N) is 1. The van der Waals surface area contributed by atoms with Gasteiger partial charge >= 0.3 is 6.03 Å². The Morgan fingerprint density at radius 1 is 1.00 bits per heavy atom. The number of nitrogens with zero attached hydrogens (tertiary/aromatic N) is 2. The van der Waals surface area contributed by atoms with Crippen LogP contribution < -0.4 is 5.32 Å². The summed E-state index contributed by atoms with van der Waals surface area (Å²) < 4.78 is 0. The van der Waals surface area contributed by atoms with Crippen molar-refractivity contribution in [1.29, 1.82) is 0 Å². The van der Waals surface area contributed by atoms with Gasteiger partial charge in [-0.15, -0.1) is 0 Å². The minimum atomic E-state index is -0.00634. The number of carbonyl (C=O) groups is 1. The van der Waals surface area contributed by atoms with Crippen molar-refractivity contribution >= 4 is 11.7 Å². The molecule has 2 aromatic carbocycles. The van der Waals surface area contributed by atoms with Crippen molar-refractivity contribution in [2.45, 2.75) is 31.8 Å². The van der Waals surface area contributed by atoms with Crippen LogP contribution in [0.15, 0.2) is 54.6 Å². The van der Waals surface area contributed by atoms with Crippen LogP contribution in [0, 0.1) is 6.92 Å². The Kier molecular flexibility index (Phi) is 4.45. The summed E-state index contributed by atoms with van der Waals surface area (Å²) in [6.07, 6.45) is 2.61. The first-order valence-electron chi connectivity index (χ1n) is 9.14. The van der Waals surface area contributed by atoms with Crippen LogP contribution in [0.1, 0.15) is 30.0 Å². The molecule has 1 saturated heterocycles. The molecule has 1 heterocycles. The number of aryl methyl sites for hydroxylation is 1. The molecule has 0 aromatic heterocycles. The van der Waals surface area contributed by atoms with Crippen molar-refractivity contribution in [1.82, 2.24) is 9.80 Å². The highest BCUT2D eigenvalue weighted by atomic mass is 16.2. The lowest BCUT2D eigenvalue weighted by Crippen LogP contribution is -2.52. The molecule has 1 aliphatic heterocycles. The van der Waals surface area contributed by atoms with Gasteiger partial charge in [-0.3, -0.25) is 4.90 Å². The summed E-state index contributed by atoms with van der Waals surface area (Å²) in [6, 6.07) is 19.2. The van der Waals surface area contributed by atoms with Gasteiger partial charge < -0.3 is 10.2 Å². The quantitative estimate of drug-likeness (QED) is 0.918. The minimum Gasteiger partial charge on any atom is -0.315 e. The number of benzene rings is 2. The first-order valence-corrected chi connectivity index (χ1v) is 9.14. The normalized spacial score (nSPS) is 21.2. The van der Waals surface area contributed by atoms with Crippen LogP contribution in [-0.2, 0) is 0 Å². The molecule has 0 bridgehead atoms. The second kappa shape index (κ2) is 6.89. The number of rotatable bonds is 3. The van der Waals surface area contributed by atoms with E-state index in [1.165, 1.54) is 24.0 Å². The van der Waals surface area contributed by atoms with Crippen molar-refractivity contribution < 1.29 is 4.79 Å². The molecule has 2 aliphatic rings. The molecule has 1 atom stereocenters. The van der Waals surface area contributed by atoms with E-state index in [0.29, 0.717) is 0 Å². The van der Waals surface area contributed by atoms with Crippen molar-refractivity contribution in [2.24, 2.45) is 0 Å². The zero-order valence-corrected chi connectivity index (χ0v) is 14.7. The zero-order valence-electron chi connectivity index (χ0n) is 14.7. The molecule has 1 unspecified atom stereocenters. The van der Waals surface area contributed by atoms with Gasteiger partial charge in [-0.25, -0.2) is 4.79 Å². The Morgan fingerprint density at radius 3 is 2.40 bits per heavy atom. The Labute approximate surface area is 149 Å². The van der Waals surface area contributed by atoms with Gasteiger partial charge in [-0.05, 0) is 37.5 Å². The van der Waals surface area contributed by atoms with E-state index in [9.17, 15) is 4.79 Å². The molecule has 1 N–H and O–H groups in total. The number of anilines is 1. The molecule has 0 spiro atoms. The fourth-order valence-corrected chi connectivity index (χ4v) is 3.61. The number of amides is 2. The van der Waals surface area contributed by atoms with Crippen molar-refractivity contribution in [3.8, 4) is 0 Å². The fraction of sp³-hybridized carbons (Fsp3) is 0.381. The summed E-state index contributed by atoms with van der Waals surface area (Å²) in [7, 11) is 0. The van der Waals surface area contributed by atoms with Crippen LogP contribution in [0.2, 0.25) is 0 Å². The Balaban J connectivity index is 1.53. The number of hydrogen-bond acceptors (Lipinski definition) is 2. The minimum absolute atomic E-state index is 0.00634. The Morgan fingerprint density at radius 2 is 1.72 bits per heavy atom.